The molecule has 1 aromatic heterocycles. The maximum absolute atomic E-state index is 15.8. The van der Waals surface area contributed by atoms with E-state index in [4.69, 9.17) is 10.5 Å². The van der Waals surface area contributed by atoms with Crippen LogP contribution in [0.15, 0.2) is 53.5 Å². The number of fused-ring (bicyclic) bond motifs is 3. The van der Waals surface area contributed by atoms with E-state index in [2.05, 4.69) is 5.32 Å². The molecule has 38 heavy (non-hydrogen) atoms. The van der Waals surface area contributed by atoms with E-state index in [9.17, 15) is 9.59 Å². The lowest BCUT2D eigenvalue weighted by molar-refractivity contribution is 0.0951. The normalized spacial score (nSPS) is 16.2. The van der Waals surface area contributed by atoms with E-state index >= 15 is 4.39 Å². The number of hydrogen-bond donors (Lipinski definition) is 2. The number of nitrogens with zero attached hydrogens (tertiary/aromatic N) is 3. The van der Waals surface area contributed by atoms with Crippen LogP contribution in [0.25, 0.3) is 27.4 Å². The maximum atomic E-state index is 15.8. The molecule has 0 saturated carbocycles. The van der Waals surface area contributed by atoms with Crippen LogP contribution in [0.3, 0.4) is 0 Å². The van der Waals surface area contributed by atoms with Gasteiger partial charge >= 0.3 is 0 Å². The Bertz CT molecular complexity index is 1650. The molecule has 2 aliphatic rings. The van der Waals surface area contributed by atoms with Crippen molar-refractivity contribution in [2.45, 2.75) is 18.9 Å². The standard InChI is InChI=1S/C29H30FN5O3/c1-33(2)10-5-9-32-29(37)21-16-35-23-12-17-6-3-4-7-18(17)13-24(23)38-28-25(35)20(27(21)36)14-22(30)26(28)34-11-8-19(31)15-34/h3-4,6-7,12-14,16,19H,5,8-11,15,31H2,1-2H3,(H,32,37). The predicted octanol–water partition coefficient (Wildman–Crippen LogP) is 3.61. The first-order valence-electron chi connectivity index (χ1n) is 12.9. The molecule has 1 amide bonds. The molecule has 8 nitrogen and oxygen atoms in total. The van der Waals surface area contributed by atoms with Crippen molar-refractivity contribution in [1.29, 1.82) is 0 Å². The summed E-state index contributed by atoms with van der Waals surface area (Å²) in [6.45, 7) is 2.30. The molecule has 196 valence electrons. The van der Waals surface area contributed by atoms with Gasteiger partial charge in [0.2, 0.25) is 5.43 Å². The second kappa shape index (κ2) is 9.41. The fraction of sp³-hybridized carbons (Fsp3) is 0.310. The molecule has 1 fully saturated rings. The molecular weight excluding hydrogens is 485 g/mol. The van der Waals surface area contributed by atoms with Gasteiger partial charge in [-0.3, -0.25) is 9.59 Å². The Balaban J connectivity index is 1.56. The van der Waals surface area contributed by atoms with Crippen LogP contribution in [0.2, 0.25) is 0 Å². The average Bonchev–Trinajstić information content (AvgIpc) is 3.32. The van der Waals surface area contributed by atoms with E-state index in [1.807, 2.05) is 60.3 Å². The number of nitrogens with one attached hydrogen (secondary N) is 1. The monoisotopic (exact) mass is 515 g/mol. The molecule has 3 aromatic carbocycles. The minimum Gasteiger partial charge on any atom is -0.451 e. The van der Waals surface area contributed by atoms with Crippen molar-refractivity contribution in [3.8, 4) is 17.2 Å². The molecule has 0 radical (unpaired) electrons. The summed E-state index contributed by atoms with van der Waals surface area (Å²) < 4.78 is 23.9. The van der Waals surface area contributed by atoms with Gasteiger partial charge in [-0.25, -0.2) is 4.39 Å². The number of hydrogen-bond acceptors (Lipinski definition) is 6. The number of ether oxygens (including phenoxy) is 1. The van der Waals surface area contributed by atoms with Gasteiger partial charge in [0.05, 0.1) is 11.1 Å². The Labute approximate surface area is 219 Å². The lowest BCUT2D eigenvalue weighted by Gasteiger charge is -2.29. The first kappa shape index (κ1) is 24.4. The van der Waals surface area contributed by atoms with Crippen LogP contribution in [-0.2, 0) is 0 Å². The highest BCUT2D eigenvalue weighted by atomic mass is 19.1. The summed E-state index contributed by atoms with van der Waals surface area (Å²) >= 11 is 0. The van der Waals surface area contributed by atoms with Gasteiger partial charge in [-0.15, -0.1) is 0 Å². The second-order valence-electron chi connectivity index (χ2n) is 10.4. The highest BCUT2D eigenvalue weighted by Gasteiger charge is 2.32. The third-order valence-corrected chi connectivity index (χ3v) is 7.32. The third-order valence-electron chi connectivity index (χ3n) is 7.32. The highest BCUT2D eigenvalue weighted by molar-refractivity contribution is 6.02. The van der Waals surface area contributed by atoms with Gasteiger partial charge in [-0.1, -0.05) is 24.3 Å². The minimum absolute atomic E-state index is 0.0374. The summed E-state index contributed by atoms with van der Waals surface area (Å²) in [5, 5.41) is 4.89. The molecule has 3 heterocycles. The Morgan fingerprint density at radius 1 is 1.21 bits per heavy atom. The van der Waals surface area contributed by atoms with Crippen LogP contribution < -0.4 is 26.1 Å². The van der Waals surface area contributed by atoms with Gasteiger partial charge in [0, 0.05) is 31.9 Å². The zero-order valence-corrected chi connectivity index (χ0v) is 21.5. The molecule has 2 aliphatic heterocycles. The van der Waals surface area contributed by atoms with Crippen molar-refractivity contribution in [1.82, 2.24) is 14.8 Å². The SMILES string of the molecule is CN(C)CCCNC(=O)c1cn2c3c(c(N4CCC(N)C4)c(F)cc3c1=O)Oc1cc3ccccc3cc1-2. The zero-order chi connectivity index (χ0) is 26.6. The summed E-state index contributed by atoms with van der Waals surface area (Å²) in [6.07, 6.45) is 3.03. The minimum atomic E-state index is -0.571. The quantitative estimate of drug-likeness (QED) is 0.336. The van der Waals surface area contributed by atoms with Gasteiger partial charge in [-0.2, -0.15) is 0 Å². The molecule has 0 bridgehead atoms. The average molecular weight is 516 g/mol. The Hall–Kier alpha value is -3.95. The summed E-state index contributed by atoms with van der Waals surface area (Å²) in [5.74, 6) is -0.261. The van der Waals surface area contributed by atoms with Crippen molar-refractivity contribution in [2.75, 3.05) is 45.2 Å². The third kappa shape index (κ3) is 4.08. The number of nitrogens with two attached hydrogens (primary N) is 1. The molecule has 1 unspecified atom stereocenters. The van der Waals surface area contributed by atoms with Gasteiger partial charge in [0.25, 0.3) is 5.91 Å². The predicted molar refractivity (Wildman–Crippen MR) is 147 cm³/mol. The van der Waals surface area contributed by atoms with Gasteiger partial charge < -0.3 is 30.2 Å². The topological polar surface area (TPSA) is 92.8 Å². The number of benzene rings is 3. The maximum Gasteiger partial charge on any atom is 0.256 e. The number of amides is 1. The number of anilines is 1. The molecule has 0 spiro atoms. The molecule has 0 aliphatic carbocycles. The molecule has 9 heteroatoms. The number of pyridine rings is 1. The number of halogens is 1. The lowest BCUT2D eigenvalue weighted by atomic mass is 10.0. The van der Waals surface area contributed by atoms with E-state index in [1.54, 1.807) is 10.8 Å². The van der Waals surface area contributed by atoms with Gasteiger partial charge in [-0.05, 0) is 62.5 Å². The zero-order valence-electron chi connectivity index (χ0n) is 21.5. The van der Waals surface area contributed by atoms with Crippen molar-refractivity contribution in [3.63, 3.8) is 0 Å². The van der Waals surface area contributed by atoms with E-state index in [0.717, 1.165) is 30.2 Å². The van der Waals surface area contributed by atoms with E-state index in [0.29, 0.717) is 42.3 Å². The number of aromatic nitrogens is 1. The van der Waals surface area contributed by atoms with Crippen molar-refractivity contribution in [3.05, 3.63) is 70.3 Å². The number of carbonyl (C=O) groups excluding carboxylic acids is 1. The number of rotatable bonds is 6. The summed E-state index contributed by atoms with van der Waals surface area (Å²) in [6, 6.07) is 12.9. The first-order valence-corrected chi connectivity index (χ1v) is 12.9. The van der Waals surface area contributed by atoms with Crippen LogP contribution in [0.1, 0.15) is 23.2 Å². The smallest absolute Gasteiger partial charge is 0.256 e. The van der Waals surface area contributed by atoms with Crippen LogP contribution in [-0.4, -0.2) is 61.7 Å². The van der Waals surface area contributed by atoms with E-state index < -0.39 is 17.2 Å². The van der Waals surface area contributed by atoms with Gasteiger partial charge in [0.15, 0.2) is 17.3 Å². The summed E-state index contributed by atoms with van der Waals surface area (Å²) in [7, 11) is 3.92. The van der Waals surface area contributed by atoms with E-state index in [-0.39, 0.29) is 22.7 Å². The Morgan fingerprint density at radius 3 is 2.68 bits per heavy atom. The largest absolute Gasteiger partial charge is 0.451 e. The van der Waals surface area contributed by atoms with Crippen LogP contribution in [0.4, 0.5) is 10.1 Å². The lowest BCUT2D eigenvalue weighted by Crippen LogP contribution is -2.32. The molecule has 1 saturated heterocycles. The fourth-order valence-electron chi connectivity index (χ4n) is 5.43. The van der Waals surface area contributed by atoms with Crippen LogP contribution in [0.5, 0.6) is 11.5 Å². The first-order chi connectivity index (χ1) is 18.3. The molecule has 4 aromatic rings. The van der Waals surface area contributed by atoms with E-state index in [1.165, 1.54) is 6.07 Å². The molecule has 3 N–H and O–H groups in total. The van der Waals surface area contributed by atoms with Crippen molar-refractivity contribution in [2.24, 2.45) is 5.73 Å². The number of carbonyl (C=O) groups is 1. The summed E-state index contributed by atoms with van der Waals surface area (Å²) in [4.78, 5) is 30.6. The highest BCUT2D eigenvalue weighted by Crippen LogP contribution is 2.48. The van der Waals surface area contributed by atoms with Crippen LogP contribution in [0, 0.1) is 5.82 Å². The fourth-order valence-corrected chi connectivity index (χ4v) is 5.43. The van der Waals surface area contributed by atoms with Gasteiger partial charge in [0.1, 0.15) is 16.8 Å². The Morgan fingerprint density at radius 2 is 1.97 bits per heavy atom. The second-order valence-corrected chi connectivity index (χ2v) is 10.4. The van der Waals surface area contributed by atoms with Crippen LogP contribution >= 0.6 is 0 Å². The molecule has 1 atom stereocenters. The summed E-state index contributed by atoms with van der Waals surface area (Å²) in [5.41, 5.74) is 6.98. The van der Waals surface area contributed by atoms with Crippen molar-refractivity contribution < 1.29 is 13.9 Å². The Kier molecular flexibility index (Phi) is 6.04. The molecule has 6 rings (SSSR count). The van der Waals surface area contributed by atoms with Crippen molar-refractivity contribution >= 4 is 33.3 Å². The molecular formula is C29H30FN5O3.